The third-order valence-corrected chi connectivity index (χ3v) is 6.69. The Morgan fingerprint density at radius 1 is 1.09 bits per heavy atom. The maximum Gasteiger partial charge on any atom is 0.325 e. The molecule has 0 bridgehead atoms. The molecule has 1 aromatic heterocycles. The molecule has 2 heterocycles. The lowest BCUT2D eigenvalue weighted by atomic mass is 9.90. The number of hydrogen-bond donors (Lipinski definition) is 5. The lowest BCUT2D eigenvalue weighted by Gasteiger charge is -2.30. The first kappa shape index (κ1) is 22.5. The number of carboxylic acids is 1. The summed E-state index contributed by atoms with van der Waals surface area (Å²) >= 11 is 0. The van der Waals surface area contributed by atoms with Crippen molar-refractivity contribution < 1.29 is 19.6 Å². The van der Waals surface area contributed by atoms with Gasteiger partial charge in [0.2, 0.25) is 5.91 Å². The maximum atomic E-state index is 12.9. The summed E-state index contributed by atoms with van der Waals surface area (Å²) in [6.45, 7) is 0.206. The molecular formula is C23H21N5O7. The molecule has 0 fully saturated rings. The number of aromatic amines is 2. The van der Waals surface area contributed by atoms with Crippen molar-refractivity contribution in [2.75, 3.05) is 6.54 Å². The largest absolute Gasteiger partial charge is 0.480 e. The van der Waals surface area contributed by atoms with E-state index in [0.717, 1.165) is 5.56 Å². The molecule has 3 atom stereocenters. The third kappa shape index (κ3) is 3.97. The summed E-state index contributed by atoms with van der Waals surface area (Å²) in [5.74, 6) is -1.62. The fourth-order valence-electron chi connectivity index (χ4n) is 5.08. The molecule has 0 radical (unpaired) electrons. The lowest BCUT2D eigenvalue weighted by molar-refractivity contribution is -0.385. The predicted molar refractivity (Wildman–Crippen MR) is 123 cm³/mol. The van der Waals surface area contributed by atoms with Crippen LogP contribution in [0.15, 0.2) is 39.9 Å². The van der Waals surface area contributed by atoms with Gasteiger partial charge in [0.25, 0.3) is 5.69 Å². The lowest BCUT2D eigenvalue weighted by Crippen LogP contribution is -2.52. The van der Waals surface area contributed by atoms with Gasteiger partial charge < -0.3 is 20.4 Å². The number of aliphatic carboxylic acids is 1. The molecule has 0 saturated heterocycles. The number of nitro benzene ring substituents is 1. The summed E-state index contributed by atoms with van der Waals surface area (Å²) in [6, 6.07) is 6.56. The zero-order valence-electron chi connectivity index (χ0n) is 18.3. The van der Waals surface area contributed by atoms with Crippen LogP contribution in [0.3, 0.4) is 0 Å². The first-order valence-corrected chi connectivity index (χ1v) is 11.0. The van der Waals surface area contributed by atoms with Crippen LogP contribution in [0.5, 0.6) is 0 Å². The van der Waals surface area contributed by atoms with Gasteiger partial charge in [0.05, 0.1) is 22.0 Å². The molecule has 12 nitrogen and oxygen atoms in total. The predicted octanol–water partition coefficient (Wildman–Crippen LogP) is 0.296. The summed E-state index contributed by atoms with van der Waals surface area (Å²) in [6.07, 6.45) is 0.998. The topological polar surface area (TPSA) is 187 Å². The number of nitrogens with one attached hydrogen (secondary N) is 4. The molecule has 2 aliphatic rings. The van der Waals surface area contributed by atoms with E-state index in [9.17, 15) is 34.4 Å². The molecule has 2 aromatic carbocycles. The van der Waals surface area contributed by atoms with Gasteiger partial charge in [0, 0.05) is 18.2 Å². The Morgan fingerprint density at radius 3 is 2.54 bits per heavy atom. The van der Waals surface area contributed by atoms with Crippen LogP contribution in [0.2, 0.25) is 0 Å². The second-order valence-electron chi connectivity index (χ2n) is 8.85. The first-order chi connectivity index (χ1) is 16.7. The summed E-state index contributed by atoms with van der Waals surface area (Å²) < 4.78 is 0. The Morgan fingerprint density at radius 2 is 1.80 bits per heavy atom. The van der Waals surface area contributed by atoms with Crippen molar-refractivity contribution in [2.24, 2.45) is 5.92 Å². The van der Waals surface area contributed by atoms with E-state index in [2.05, 4.69) is 20.6 Å². The number of fused-ring (bicyclic) bond motifs is 4. The van der Waals surface area contributed by atoms with E-state index in [4.69, 9.17) is 0 Å². The monoisotopic (exact) mass is 479 g/mol. The highest BCUT2D eigenvalue weighted by Crippen LogP contribution is 2.37. The van der Waals surface area contributed by atoms with E-state index in [0.29, 0.717) is 41.5 Å². The highest BCUT2D eigenvalue weighted by molar-refractivity contribution is 5.86. The fraction of sp³-hybridized carbons (Fsp3) is 0.304. The number of amides is 1. The Balaban J connectivity index is 1.34. The van der Waals surface area contributed by atoms with Gasteiger partial charge in [-0.3, -0.25) is 34.6 Å². The number of H-pyrrole nitrogens is 2. The quantitative estimate of drug-likeness (QED) is 0.196. The van der Waals surface area contributed by atoms with Crippen molar-refractivity contribution in [3.05, 3.63) is 83.4 Å². The second-order valence-corrected chi connectivity index (χ2v) is 8.85. The van der Waals surface area contributed by atoms with Crippen molar-refractivity contribution in [1.82, 2.24) is 20.6 Å². The van der Waals surface area contributed by atoms with Crippen LogP contribution in [0.1, 0.15) is 28.3 Å². The smallest absolute Gasteiger partial charge is 0.325 e. The highest BCUT2D eigenvalue weighted by atomic mass is 16.6. The number of carbonyl (C=O) groups is 2. The van der Waals surface area contributed by atoms with Crippen molar-refractivity contribution >= 4 is 28.6 Å². The standard InChI is InChI=1S/C23H21N5O7/c29-20(16-7-11-3-1-2-4-12(11)19(25-16)23(32)33)24-9-10-5-13-14(6-10)18-15(8-17(13)28(34)35)26-21(30)22(31)27-18/h1-4,8,10,16,19,25H,5-7,9H2,(H,24,29)(H,26,30)(H,27,31)(H,32,33). The van der Waals surface area contributed by atoms with Gasteiger partial charge in [-0.2, -0.15) is 0 Å². The van der Waals surface area contributed by atoms with Crippen molar-refractivity contribution in [2.45, 2.75) is 31.3 Å². The number of hydrogen-bond acceptors (Lipinski definition) is 7. The van der Waals surface area contributed by atoms with Crippen LogP contribution in [-0.2, 0) is 28.9 Å². The summed E-state index contributed by atoms with van der Waals surface area (Å²) in [5, 5.41) is 27.0. The zero-order valence-corrected chi connectivity index (χ0v) is 18.3. The number of benzene rings is 2. The first-order valence-electron chi connectivity index (χ1n) is 11.0. The van der Waals surface area contributed by atoms with Crippen LogP contribution in [-0.4, -0.2) is 44.5 Å². The molecule has 0 spiro atoms. The SMILES string of the molecule is O=C(NCC1Cc2c([N+](=O)[O-])cc3[nH]c(=O)c(=O)[nH]c3c2C1)C1Cc2ccccc2C(C(=O)O)N1. The number of nitro groups is 1. The summed E-state index contributed by atoms with van der Waals surface area (Å²) in [5.41, 5.74) is 1.06. The average Bonchev–Trinajstić information content (AvgIpc) is 3.26. The van der Waals surface area contributed by atoms with Crippen molar-refractivity contribution in [3.8, 4) is 0 Å². The molecule has 35 heavy (non-hydrogen) atoms. The van der Waals surface area contributed by atoms with Crippen LogP contribution in [0.25, 0.3) is 11.0 Å². The fourth-order valence-corrected chi connectivity index (χ4v) is 5.08. The second kappa shape index (κ2) is 8.47. The maximum absolute atomic E-state index is 12.9. The molecular weight excluding hydrogens is 458 g/mol. The minimum atomic E-state index is -1.08. The van der Waals surface area contributed by atoms with Gasteiger partial charge in [-0.1, -0.05) is 24.3 Å². The van der Waals surface area contributed by atoms with E-state index in [1.165, 1.54) is 6.07 Å². The van der Waals surface area contributed by atoms with Gasteiger partial charge >= 0.3 is 17.1 Å². The van der Waals surface area contributed by atoms with Gasteiger partial charge in [0.1, 0.15) is 6.04 Å². The van der Waals surface area contributed by atoms with Gasteiger partial charge in [0.15, 0.2) is 0 Å². The minimum Gasteiger partial charge on any atom is -0.480 e. The highest BCUT2D eigenvalue weighted by Gasteiger charge is 2.35. The van der Waals surface area contributed by atoms with E-state index in [1.54, 1.807) is 24.3 Å². The van der Waals surface area contributed by atoms with Crippen LogP contribution in [0, 0.1) is 16.0 Å². The normalized spacial score (nSPS) is 20.7. The summed E-state index contributed by atoms with van der Waals surface area (Å²) in [4.78, 5) is 64.2. The molecule has 0 saturated carbocycles. The number of carbonyl (C=O) groups excluding carboxylic acids is 1. The van der Waals surface area contributed by atoms with Crippen LogP contribution < -0.4 is 21.8 Å². The van der Waals surface area contributed by atoms with E-state index in [1.807, 2.05) is 0 Å². The molecule has 3 unspecified atom stereocenters. The average molecular weight is 479 g/mol. The van der Waals surface area contributed by atoms with E-state index >= 15 is 0 Å². The molecule has 3 aromatic rings. The molecule has 180 valence electrons. The molecule has 1 aliphatic carbocycles. The Kier molecular flexibility index (Phi) is 5.44. The molecule has 5 rings (SSSR count). The summed E-state index contributed by atoms with van der Waals surface area (Å²) in [7, 11) is 0. The molecule has 1 aliphatic heterocycles. The van der Waals surface area contributed by atoms with Gasteiger partial charge in [-0.05, 0) is 41.9 Å². The third-order valence-electron chi connectivity index (χ3n) is 6.69. The van der Waals surface area contributed by atoms with Crippen LogP contribution >= 0.6 is 0 Å². The zero-order chi connectivity index (χ0) is 24.9. The number of carboxylic acid groups (broad SMARTS) is 1. The number of nitrogens with zero attached hydrogens (tertiary/aromatic N) is 1. The van der Waals surface area contributed by atoms with Crippen molar-refractivity contribution in [3.63, 3.8) is 0 Å². The molecule has 1 amide bonds. The Bertz CT molecular complexity index is 1510. The molecule has 12 heteroatoms. The van der Waals surface area contributed by atoms with Crippen LogP contribution in [0.4, 0.5) is 5.69 Å². The van der Waals surface area contributed by atoms with Gasteiger partial charge in [-0.15, -0.1) is 0 Å². The van der Waals surface area contributed by atoms with Gasteiger partial charge in [-0.25, -0.2) is 0 Å². The Hall–Kier alpha value is -4.32. The number of rotatable bonds is 5. The molecule has 5 N–H and O–H groups in total. The van der Waals surface area contributed by atoms with Crippen molar-refractivity contribution in [1.29, 1.82) is 0 Å². The Labute approximate surface area is 196 Å². The van der Waals surface area contributed by atoms with E-state index in [-0.39, 0.29) is 29.6 Å². The van der Waals surface area contributed by atoms with E-state index < -0.39 is 34.1 Å². The number of aromatic nitrogens is 2. The minimum absolute atomic E-state index is 0.154.